The third-order valence-electron chi connectivity index (χ3n) is 3.38. The van der Waals surface area contributed by atoms with Gasteiger partial charge in [-0.05, 0) is 31.6 Å². The lowest BCUT2D eigenvalue weighted by atomic mass is 10.1. The second-order valence-corrected chi connectivity index (χ2v) is 7.77. The molecule has 0 radical (unpaired) electrons. The van der Waals surface area contributed by atoms with Crippen molar-refractivity contribution in [2.75, 3.05) is 13.1 Å². The standard InChI is InChI=1S/C12H26N2O2S/c1-9(2)13-8-11(4)17(15,16)14-7-10(3)12-5-6-12/h9-14H,5-8H2,1-4H3. The molecule has 1 rings (SSSR count). The molecule has 0 bridgehead atoms. The van der Waals surface area contributed by atoms with Crippen molar-refractivity contribution in [3.8, 4) is 0 Å². The summed E-state index contributed by atoms with van der Waals surface area (Å²) in [6, 6.07) is 0.318. The van der Waals surface area contributed by atoms with Crippen molar-refractivity contribution < 1.29 is 8.42 Å². The van der Waals surface area contributed by atoms with Gasteiger partial charge in [-0.3, -0.25) is 0 Å². The lowest BCUT2D eigenvalue weighted by Crippen LogP contribution is -2.42. The second kappa shape index (κ2) is 6.16. The summed E-state index contributed by atoms with van der Waals surface area (Å²) in [5.74, 6) is 1.21. The van der Waals surface area contributed by atoms with Crippen LogP contribution >= 0.6 is 0 Å². The normalized spacial score (nSPS) is 20.5. The van der Waals surface area contributed by atoms with E-state index in [1.54, 1.807) is 6.92 Å². The van der Waals surface area contributed by atoms with Crippen LogP contribution in [0.15, 0.2) is 0 Å². The first-order chi connectivity index (χ1) is 7.83. The highest BCUT2D eigenvalue weighted by Gasteiger charge is 2.29. The van der Waals surface area contributed by atoms with Gasteiger partial charge in [0.1, 0.15) is 0 Å². The van der Waals surface area contributed by atoms with Crippen molar-refractivity contribution in [1.29, 1.82) is 0 Å². The second-order valence-electron chi connectivity index (χ2n) is 5.58. The van der Waals surface area contributed by atoms with E-state index in [4.69, 9.17) is 0 Å². The lowest BCUT2D eigenvalue weighted by Gasteiger charge is -2.18. The molecule has 1 fully saturated rings. The van der Waals surface area contributed by atoms with E-state index >= 15 is 0 Å². The Hall–Kier alpha value is -0.130. The molecule has 0 saturated heterocycles. The summed E-state index contributed by atoms with van der Waals surface area (Å²) >= 11 is 0. The Kier molecular flexibility index (Phi) is 5.41. The summed E-state index contributed by atoms with van der Waals surface area (Å²) in [6.45, 7) is 8.99. The highest BCUT2D eigenvalue weighted by atomic mass is 32.2. The molecule has 0 spiro atoms. The fourth-order valence-corrected chi connectivity index (χ4v) is 2.83. The predicted octanol–water partition coefficient (Wildman–Crippen LogP) is 1.34. The summed E-state index contributed by atoms with van der Waals surface area (Å²) in [5, 5.41) is 2.78. The van der Waals surface area contributed by atoms with Gasteiger partial charge in [-0.15, -0.1) is 0 Å². The highest BCUT2D eigenvalue weighted by molar-refractivity contribution is 7.90. The highest BCUT2D eigenvalue weighted by Crippen LogP contribution is 2.36. The molecule has 0 aromatic carbocycles. The molecule has 4 nitrogen and oxygen atoms in total. The summed E-state index contributed by atoms with van der Waals surface area (Å²) in [6.07, 6.45) is 2.51. The van der Waals surface area contributed by atoms with E-state index in [1.165, 1.54) is 12.8 Å². The van der Waals surface area contributed by atoms with Crippen molar-refractivity contribution in [2.24, 2.45) is 11.8 Å². The first kappa shape index (κ1) is 14.9. The molecule has 17 heavy (non-hydrogen) atoms. The van der Waals surface area contributed by atoms with Gasteiger partial charge >= 0.3 is 0 Å². The molecule has 2 atom stereocenters. The molecule has 1 aliphatic carbocycles. The van der Waals surface area contributed by atoms with Gasteiger partial charge in [0.05, 0.1) is 5.25 Å². The van der Waals surface area contributed by atoms with Crippen LogP contribution < -0.4 is 10.0 Å². The van der Waals surface area contributed by atoms with E-state index in [0.717, 1.165) is 5.92 Å². The average Bonchev–Trinajstić information content (AvgIpc) is 3.06. The van der Waals surface area contributed by atoms with Crippen LogP contribution in [-0.4, -0.2) is 32.8 Å². The number of rotatable bonds is 8. The molecule has 0 amide bonds. The number of sulfonamides is 1. The van der Waals surface area contributed by atoms with Gasteiger partial charge in [-0.25, -0.2) is 13.1 Å². The topological polar surface area (TPSA) is 58.2 Å². The zero-order valence-corrected chi connectivity index (χ0v) is 12.2. The van der Waals surface area contributed by atoms with Crippen LogP contribution in [0, 0.1) is 11.8 Å². The third kappa shape index (κ3) is 5.36. The summed E-state index contributed by atoms with van der Waals surface area (Å²) in [4.78, 5) is 0. The Bertz CT molecular complexity index is 323. The molecular formula is C12H26N2O2S. The van der Waals surface area contributed by atoms with Crippen molar-refractivity contribution in [3.05, 3.63) is 0 Å². The zero-order valence-electron chi connectivity index (χ0n) is 11.4. The average molecular weight is 262 g/mol. The minimum absolute atomic E-state index is 0.318. The Morgan fingerprint density at radius 3 is 2.18 bits per heavy atom. The fraction of sp³-hybridized carbons (Fsp3) is 1.00. The van der Waals surface area contributed by atoms with Crippen LogP contribution in [0.2, 0.25) is 0 Å². The smallest absolute Gasteiger partial charge is 0.215 e. The van der Waals surface area contributed by atoms with Crippen LogP contribution in [0.1, 0.15) is 40.5 Å². The molecule has 1 saturated carbocycles. The molecule has 1 aliphatic rings. The van der Waals surface area contributed by atoms with Gasteiger partial charge < -0.3 is 5.32 Å². The Balaban J connectivity index is 2.32. The summed E-state index contributed by atoms with van der Waals surface area (Å²) in [7, 11) is -3.17. The molecule has 2 unspecified atom stereocenters. The third-order valence-corrected chi connectivity index (χ3v) is 5.17. The van der Waals surface area contributed by atoms with Gasteiger partial charge in [-0.2, -0.15) is 0 Å². The minimum atomic E-state index is -3.17. The number of nitrogens with one attached hydrogen (secondary N) is 2. The van der Waals surface area contributed by atoms with Crippen LogP contribution in [0.25, 0.3) is 0 Å². The Morgan fingerprint density at radius 1 is 1.12 bits per heavy atom. The van der Waals surface area contributed by atoms with Crippen LogP contribution in [0.4, 0.5) is 0 Å². The summed E-state index contributed by atoms with van der Waals surface area (Å²) in [5.41, 5.74) is 0. The molecule has 2 N–H and O–H groups in total. The lowest BCUT2D eigenvalue weighted by molar-refractivity contribution is 0.485. The largest absolute Gasteiger partial charge is 0.313 e. The van der Waals surface area contributed by atoms with Crippen LogP contribution in [-0.2, 0) is 10.0 Å². The maximum atomic E-state index is 11.9. The minimum Gasteiger partial charge on any atom is -0.313 e. The SMILES string of the molecule is CC(C)NCC(C)S(=O)(=O)NCC(C)C1CC1. The molecule has 102 valence electrons. The van der Waals surface area contributed by atoms with Gasteiger partial charge in [0.15, 0.2) is 0 Å². The van der Waals surface area contributed by atoms with Crippen molar-refractivity contribution >= 4 is 10.0 Å². The molecular weight excluding hydrogens is 236 g/mol. The quantitative estimate of drug-likeness (QED) is 0.694. The molecule has 0 heterocycles. The number of hydrogen-bond acceptors (Lipinski definition) is 3. The van der Waals surface area contributed by atoms with Crippen molar-refractivity contribution in [3.63, 3.8) is 0 Å². The van der Waals surface area contributed by atoms with Gasteiger partial charge in [0, 0.05) is 19.1 Å². The maximum Gasteiger partial charge on any atom is 0.215 e. The van der Waals surface area contributed by atoms with Crippen LogP contribution in [0.5, 0.6) is 0 Å². The van der Waals surface area contributed by atoms with E-state index in [1.807, 2.05) is 13.8 Å². The Morgan fingerprint density at radius 2 is 1.71 bits per heavy atom. The first-order valence-corrected chi connectivity index (χ1v) is 8.09. The monoisotopic (exact) mass is 262 g/mol. The van der Waals surface area contributed by atoms with E-state index in [2.05, 4.69) is 17.0 Å². The van der Waals surface area contributed by atoms with E-state index in [9.17, 15) is 8.42 Å². The van der Waals surface area contributed by atoms with E-state index in [-0.39, 0.29) is 5.25 Å². The summed E-state index contributed by atoms with van der Waals surface area (Å²) < 4.78 is 26.6. The van der Waals surface area contributed by atoms with Crippen LogP contribution in [0.3, 0.4) is 0 Å². The maximum absolute atomic E-state index is 11.9. The van der Waals surface area contributed by atoms with Gasteiger partial charge in [0.25, 0.3) is 0 Å². The molecule has 0 aromatic rings. The molecule has 0 aliphatic heterocycles. The number of hydrogen-bond donors (Lipinski definition) is 2. The molecule has 0 aromatic heterocycles. The van der Waals surface area contributed by atoms with Crippen molar-refractivity contribution in [2.45, 2.75) is 51.8 Å². The predicted molar refractivity (Wildman–Crippen MR) is 71.4 cm³/mol. The Labute approximate surface area is 106 Å². The van der Waals surface area contributed by atoms with Gasteiger partial charge in [-0.1, -0.05) is 20.8 Å². The van der Waals surface area contributed by atoms with E-state index < -0.39 is 10.0 Å². The fourth-order valence-electron chi connectivity index (χ4n) is 1.73. The first-order valence-electron chi connectivity index (χ1n) is 6.54. The van der Waals surface area contributed by atoms with E-state index in [0.29, 0.717) is 25.0 Å². The van der Waals surface area contributed by atoms with Gasteiger partial charge in [0.2, 0.25) is 10.0 Å². The molecule has 5 heteroatoms. The zero-order chi connectivity index (χ0) is 13.1. The van der Waals surface area contributed by atoms with Crippen molar-refractivity contribution in [1.82, 2.24) is 10.0 Å².